The van der Waals surface area contributed by atoms with Crippen molar-refractivity contribution < 1.29 is 33.0 Å². The lowest BCUT2D eigenvalue weighted by Crippen LogP contribution is -2.59. The van der Waals surface area contributed by atoms with Crippen molar-refractivity contribution in [3.63, 3.8) is 0 Å². The highest BCUT2D eigenvalue weighted by Crippen LogP contribution is 2.53. The summed E-state index contributed by atoms with van der Waals surface area (Å²) < 4.78 is 28.7. The summed E-state index contributed by atoms with van der Waals surface area (Å²) in [6, 6.07) is 0. The Labute approximate surface area is 315 Å². The summed E-state index contributed by atoms with van der Waals surface area (Å²) in [4.78, 5) is 31.5. The first-order valence-corrected chi connectivity index (χ1v) is 25.7. The number of thiazole rings is 1. The van der Waals surface area contributed by atoms with Gasteiger partial charge in [0.05, 0.1) is 34.7 Å². The first-order chi connectivity index (χ1) is 23.3. The molecular formula is C40H70FNO6SSi2. The second-order valence-corrected chi connectivity index (χ2v) is 28.8. The van der Waals surface area contributed by atoms with Crippen LogP contribution in [0.2, 0.25) is 36.3 Å². The molecule has 1 aromatic heterocycles. The van der Waals surface area contributed by atoms with E-state index in [4.69, 9.17) is 8.85 Å². The number of carboxylic acids is 1. The van der Waals surface area contributed by atoms with Crippen LogP contribution in [0.3, 0.4) is 0 Å². The van der Waals surface area contributed by atoms with Gasteiger partial charge in [-0.05, 0) is 107 Å². The summed E-state index contributed by atoms with van der Waals surface area (Å²) in [6.07, 6.45) is 6.29. The van der Waals surface area contributed by atoms with Gasteiger partial charge in [-0.15, -0.1) is 11.3 Å². The molecule has 1 fully saturated rings. The van der Waals surface area contributed by atoms with Gasteiger partial charge in [-0.25, -0.2) is 9.37 Å². The number of ketones is 1. The van der Waals surface area contributed by atoms with Gasteiger partial charge in [0.25, 0.3) is 0 Å². The number of aliphatic hydroxyl groups is 1. The van der Waals surface area contributed by atoms with Gasteiger partial charge in [-0.3, -0.25) is 9.59 Å². The number of Topliss-reactive ketones (excluding diaryl/α,β-unsaturated/α-hetero) is 1. The van der Waals surface area contributed by atoms with Gasteiger partial charge in [-0.1, -0.05) is 73.5 Å². The van der Waals surface area contributed by atoms with Crippen LogP contribution in [0.4, 0.5) is 4.39 Å². The van der Waals surface area contributed by atoms with Crippen molar-refractivity contribution >= 4 is 45.8 Å². The van der Waals surface area contributed by atoms with E-state index >= 15 is 4.79 Å². The molecule has 0 radical (unpaired) electrons. The molecule has 1 heterocycles. The molecule has 11 heteroatoms. The Morgan fingerprint density at radius 1 is 1.08 bits per heavy atom. The Morgan fingerprint density at radius 2 is 1.65 bits per heavy atom. The van der Waals surface area contributed by atoms with E-state index in [1.165, 1.54) is 17.4 Å². The fourth-order valence-corrected chi connectivity index (χ4v) is 9.83. The monoisotopic (exact) mass is 767 g/mol. The number of carbonyl (C=O) groups is 2. The first-order valence-electron chi connectivity index (χ1n) is 19.0. The summed E-state index contributed by atoms with van der Waals surface area (Å²) >= 11 is 1.44. The molecule has 0 spiro atoms. The number of hydrogen-bond acceptors (Lipinski definition) is 7. The van der Waals surface area contributed by atoms with Crippen molar-refractivity contribution in [2.24, 2.45) is 17.3 Å². The van der Waals surface area contributed by atoms with E-state index in [0.717, 1.165) is 36.3 Å². The Morgan fingerprint density at radius 3 is 2.10 bits per heavy atom. The number of nitrogens with zero attached hydrogens (tertiary/aromatic N) is 1. The Bertz CT molecular complexity index is 1370. The van der Waals surface area contributed by atoms with Crippen molar-refractivity contribution in [2.45, 2.75) is 182 Å². The lowest BCUT2D eigenvalue weighted by atomic mass is 9.58. The van der Waals surface area contributed by atoms with E-state index in [9.17, 15) is 19.4 Å². The molecule has 7 nitrogen and oxygen atoms in total. The second-order valence-electron chi connectivity index (χ2n) is 18.2. The second kappa shape index (κ2) is 18.2. The van der Waals surface area contributed by atoms with Gasteiger partial charge in [-0.2, -0.15) is 0 Å². The van der Waals surface area contributed by atoms with Crippen molar-refractivity contribution in [3.8, 4) is 0 Å². The zero-order valence-corrected chi connectivity index (χ0v) is 37.1. The smallest absolute Gasteiger partial charge is 0.305 e. The van der Waals surface area contributed by atoms with Crippen LogP contribution in [0.1, 0.15) is 131 Å². The summed E-state index contributed by atoms with van der Waals surface area (Å²) in [6.45, 7) is 29.9. The predicted octanol–water partition coefficient (Wildman–Crippen LogP) is 11.3. The molecule has 0 aliphatic heterocycles. The van der Waals surface area contributed by atoms with Gasteiger partial charge < -0.3 is 19.1 Å². The van der Waals surface area contributed by atoms with E-state index in [0.29, 0.717) is 25.0 Å². The van der Waals surface area contributed by atoms with Crippen molar-refractivity contribution in [1.29, 1.82) is 0 Å². The van der Waals surface area contributed by atoms with Crippen LogP contribution in [0.15, 0.2) is 22.9 Å². The summed E-state index contributed by atoms with van der Waals surface area (Å²) in [5, 5.41) is 22.9. The molecule has 0 saturated heterocycles. The van der Waals surface area contributed by atoms with Gasteiger partial charge in [0.1, 0.15) is 17.7 Å². The third-order valence-corrected chi connectivity index (χ3v) is 21.8. The lowest BCUT2D eigenvalue weighted by molar-refractivity contribution is -0.156. The van der Waals surface area contributed by atoms with E-state index in [1.54, 1.807) is 5.38 Å². The highest BCUT2D eigenvalue weighted by molar-refractivity contribution is 7.09. The summed E-state index contributed by atoms with van der Waals surface area (Å²) in [7, 11) is -4.69. The molecule has 0 unspecified atom stereocenters. The van der Waals surface area contributed by atoms with Crippen LogP contribution in [-0.4, -0.2) is 61.9 Å². The largest absolute Gasteiger partial charge is 0.481 e. The SMILES string of the molecule is CC[C@@H](C(=O)C1([C@H](CC(=O)O)O[Si](C)(C)C(C)(C)C)CCC1)[C@@H](O[Si](C)(C)C(C)(C)C)[C@@H](C)CCC/C(C)=C/C[C@H](O)/C(F)=C/c1csc(C)n1. The number of carboxylic acid groups (broad SMARTS) is 1. The average Bonchev–Trinajstić information content (AvgIpc) is 3.37. The molecular weight excluding hydrogens is 698 g/mol. The average molecular weight is 768 g/mol. The molecule has 0 bridgehead atoms. The van der Waals surface area contributed by atoms with Crippen LogP contribution < -0.4 is 0 Å². The first kappa shape index (κ1) is 45.7. The minimum Gasteiger partial charge on any atom is -0.481 e. The zero-order chi connectivity index (χ0) is 39.2. The number of carbonyl (C=O) groups excluding carboxylic acids is 1. The molecule has 0 aromatic carbocycles. The highest BCUT2D eigenvalue weighted by atomic mass is 32.1. The van der Waals surface area contributed by atoms with E-state index in [2.05, 4.69) is 86.6 Å². The van der Waals surface area contributed by atoms with Crippen molar-refractivity contribution in [1.82, 2.24) is 4.98 Å². The molecule has 51 heavy (non-hydrogen) atoms. The molecule has 0 amide bonds. The summed E-state index contributed by atoms with van der Waals surface area (Å²) in [5.41, 5.74) is 0.771. The standard InChI is InChI=1S/C40H70FNO6SSi2/c1-15-31(37(46)40(22-17-23-40)34(25-35(44)45)47-50(11,12)38(5,6)7)36(48-51(13,14)39(8,9)10)28(3)19-16-18-27(2)20-21-33(43)32(41)24-30-26-49-29(4)42-30/h20,24,26,28,31,33-34,36,43H,15-19,21-23,25H2,1-14H3,(H,44,45)/b27-20+,32-24-/t28-,31+,33-,34-,36-/m0/s1. The number of halogens is 1. The van der Waals surface area contributed by atoms with Crippen LogP contribution in [0.25, 0.3) is 6.08 Å². The van der Waals surface area contributed by atoms with E-state index in [-0.39, 0.29) is 46.6 Å². The van der Waals surface area contributed by atoms with Gasteiger partial charge in [0, 0.05) is 11.3 Å². The maximum Gasteiger partial charge on any atom is 0.305 e. The fourth-order valence-electron chi connectivity index (χ4n) is 6.45. The molecule has 292 valence electrons. The predicted molar refractivity (Wildman–Crippen MR) is 215 cm³/mol. The Hall–Kier alpha value is -1.51. The number of aromatic nitrogens is 1. The molecule has 1 aliphatic carbocycles. The number of rotatable bonds is 20. The van der Waals surface area contributed by atoms with Crippen LogP contribution >= 0.6 is 11.3 Å². The molecule has 1 saturated carbocycles. The number of aryl methyl sites for hydroxylation is 1. The Kier molecular flexibility index (Phi) is 16.3. The molecule has 2 N–H and O–H groups in total. The number of hydrogen-bond donors (Lipinski definition) is 2. The van der Waals surface area contributed by atoms with Crippen LogP contribution in [0, 0.1) is 24.2 Å². The zero-order valence-electron chi connectivity index (χ0n) is 34.2. The maximum absolute atomic E-state index is 15.0. The molecule has 1 aliphatic rings. The molecule has 2 rings (SSSR count). The van der Waals surface area contributed by atoms with Gasteiger partial charge in [0.15, 0.2) is 16.6 Å². The third kappa shape index (κ3) is 12.3. The van der Waals surface area contributed by atoms with Gasteiger partial charge in [0.2, 0.25) is 0 Å². The van der Waals surface area contributed by atoms with Crippen molar-refractivity contribution in [3.05, 3.63) is 33.6 Å². The minimum absolute atomic E-state index is 0.0556. The fraction of sp³-hybridized carbons (Fsp3) is 0.775. The van der Waals surface area contributed by atoms with E-state index < -0.39 is 46.1 Å². The molecule has 5 atom stereocenters. The summed E-state index contributed by atoms with van der Waals surface area (Å²) in [5.74, 6) is -1.72. The normalized spacial score (nSPS) is 19.2. The lowest BCUT2D eigenvalue weighted by Gasteiger charge is -2.52. The maximum atomic E-state index is 15.0. The minimum atomic E-state index is -2.38. The number of allylic oxidation sites excluding steroid dienone is 1. The van der Waals surface area contributed by atoms with Gasteiger partial charge >= 0.3 is 5.97 Å². The quantitative estimate of drug-likeness (QED) is 0.100. The Balaban J connectivity index is 2.32. The van der Waals surface area contributed by atoms with Crippen LogP contribution in [-0.2, 0) is 18.4 Å². The topological polar surface area (TPSA) is 106 Å². The number of aliphatic hydroxyl groups excluding tert-OH is 1. The van der Waals surface area contributed by atoms with E-state index in [1.807, 2.05) is 19.9 Å². The molecule has 1 aromatic rings. The number of aliphatic carboxylic acids is 1. The third-order valence-electron chi connectivity index (χ3n) is 12.1. The van der Waals surface area contributed by atoms with Crippen molar-refractivity contribution in [2.75, 3.05) is 0 Å². The van der Waals surface area contributed by atoms with Crippen LogP contribution in [0.5, 0.6) is 0 Å². The highest BCUT2D eigenvalue weighted by Gasteiger charge is 2.57.